The van der Waals surface area contributed by atoms with Crippen molar-refractivity contribution in [1.29, 1.82) is 5.26 Å². The van der Waals surface area contributed by atoms with Gasteiger partial charge in [0.15, 0.2) is 0 Å². The molecule has 4 heteroatoms. The van der Waals surface area contributed by atoms with E-state index >= 15 is 0 Å². The first-order valence-electron chi connectivity index (χ1n) is 13.4. The van der Waals surface area contributed by atoms with Crippen molar-refractivity contribution in [2.45, 2.75) is 38.6 Å². The number of hydrogen-bond donors (Lipinski definition) is 0. The molecule has 1 fully saturated rings. The molecule has 0 radical (unpaired) electrons. The van der Waals surface area contributed by atoms with Gasteiger partial charge in [-0.15, -0.1) is 0 Å². The number of ether oxygens (including phenoxy) is 1. The molecule has 0 aliphatic carbocycles. The van der Waals surface area contributed by atoms with Crippen LogP contribution in [-0.2, 0) is 24.3 Å². The molecule has 0 N–H and O–H groups in total. The maximum atomic E-state index is 9.37. The Balaban J connectivity index is 1.43. The van der Waals surface area contributed by atoms with Gasteiger partial charge in [0.25, 0.3) is 0 Å². The fourth-order valence-electron chi connectivity index (χ4n) is 5.42. The molecule has 4 nitrogen and oxygen atoms in total. The van der Waals surface area contributed by atoms with Crippen LogP contribution < -0.4 is 4.90 Å². The molecule has 4 aromatic rings. The average molecular weight is 502 g/mol. The predicted molar refractivity (Wildman–Crippen MR) is 154 cm³/mol. The highest BCUT2D eigenvalue weighted by molar-refractivity contribution is 5.52. The SMILES string of the molecule is Cc1ccc(C[C@@H]2CN(Cc3ccccc3)C[C@H](COCc3ccccc3)N2c2ccc(C#N)cc2)cc1. The van der Waals surface area contributed by atoms with Gasteiger partial charge in [0.05, 0.1) is 30.9 Å². The zero-order valence-corrected chi connectivity index (χ0v) is 22.0. The minimum atomic E-state index is 0.180. The van der Waals surface area contributed by atoms with Crippen molar-refractivity contribution in [3.8, 4) is 6.07 Å². The van der Waals surface area contributed by atoms with Gasteiger partial charge in [0, 0.05) is 31.4 Å². The average Bonchev–Trinajstić information content (AvgIpc) is 2.95. The van der Waals surface area contributed by atoms with Crippen molar-refractivity contribution < 1.29 is 4.74 Å². The Morgan fingerprint density at radius 1 is 0.737 bits per heavy atom. The zero-order chi connectivity index (χ0) is 26.2. The van der Waals surface area contributed by atoms with E-state index in [9.17, 15) is 5.26 Å². The van der Waals surface area contributed by atoms with E-state index < -0.39 is 0 Å². The summed E-state index contributed by atoms with van der Waals surface area (Å²) in [6.07, 6.45) is 0.945. The normalized spacial score (nSPS) is 17.7. The Morgan fingerprint density at radius 3 is 2.03 bits per heavy atom. The van der Waals surface area contributed by atoms with Crippen molar-refractivity contribution in [3.05, 3.63) is 137 Å². The van der Waals surface area contributed by atoms with E-state index in [1.54, 1.807) is 0 Å². The maximum Gasteiger partial charge on any atom is 0.0991 e. The molecule has 38 heavy (non-hydrogen) atoms. The summed E-state index contributed by atoms with van der Waals surface area (Å²) in [7, 11) is 0. The van der Waals surface area contributed by atoms with Gasteiger partial charge >= 0.3 is 0 Å². The van der Waals surface area contributed by atoms with E-state index in [2.05, 4.69) is 114 Å². The molecule has 2 atom stereocenters. The van der Waals surface area contributed by atoms with Crippen LogP contribution in [0.1, 0.15) is 27.8 Å². The summed E-state index contributed by atoms with van der Waals surface area (Å²) in [5.74, 6) is 0. The Bertz CT molecular complexity index is 1310. The van der Waals surface area contributed by atoms with E-state index in [4.69, 9.17) is 4.74 Å². The van der Waals surface area contributed by atoms with Gasteiger partial charge < -0.3 is 9.64 Å². The second-order valence-electron chi connectivity index (χ2n) is 10.2. The highest BCUT2D eigenvalue weighted by Gasteiger charge is 2.35. The monoisotopic (exact) mass is 501 g/mol. The van der Waals surface area contributed by atoms with Crippen molar-refractivity contribution in [3.63, 3.8) is 0 Å². The molecule has 0 bridgehead atoms. The second kappa shape index (κ2) is 12.6. The van der Waals surface area contributed by atoms with E-state index in [1.165, 1.54) is 22.3 Å². The summed E-state index contributed by atoms with van der Waals surface area (Å²) in [4.78, 5) is 5.12. The van der Waals surface area contributed by atoms with Crippen LogP contribution in [0.15, 0.2) is 109 Å². The van der Waals surface area contributed by atoms with Gasteiger partial charge in [-0.1, -0.05) is 90.5 Å². The first kappa shape index (κ1) is 25.7. The predicted octanol–water partition coefficient (Wildman–Crippen LogP) is 6.39. The lowest BCUT2D eigenvalue weighted by atomic mass is 9.96. The lowest BCUT2D eigenvalue weighted by Crippen LogP contribution is -2.61. The van der Waals surface area contributed by atoms with Crippen LogP contribution in [0.3, 0.4) is 0 Å². The van der Waals surface area contributed by atoms with Crippen molar-refractivity contribution in [2.24, 2.45) is 0 Å². The van der Waals surface area contributed by atoms with Crippen molar-refractivity contribution >= 4 is 5.69 Å². The van der Waals surface area contributed by atoms with Crippen molar-refractivity contribution in [1.82, 2.24) is 4.90 Å². The first-order chi connectivity index (χ1) is 18.7. The molecule has 0 amide bonds. The largest absolute Gasteiger partial charge is 0.375 e. The number of nitriles is 1. The molecule has 0 spiro atoms. The van der Waals surface area contributed by atoms with Gasteiger partial charge in [0.1, 0.15) is 0 Å². The summed E-state index contributed by atoms with van der Waals surface area (Å²) in [6, 6.07) is 40.8. The standard InChI is InChI=1S/C34H35N3O/c1-27-12-14-28(15-13-27)20-33-23-36(22-30-8-4-2-5-9-30)24-34(26-38-25-31-10-6-3-7-11-31)37(33)32-18-16-29(21-35)17-19-32/h2-19,33-34H,20,22-26H2,1H3/t33-,34-/m1/s1. The smallest absolute Gasteiger partial charge is 0.0991 e. The van der Waals surface area contributed by atoms with Crippen LogP contribution in [0.4, 0.5) is 5.69 Å². The summed E-state index contributed by atoms with van der Waals surface area (Å²) in [6.45, 7) is 6.15. The highest BCUT2D eigenvalue weighted by atomic mass is 16.5. The maximum absolute atomic E-state index is 9.37. The van der Waals surface area contributed by atoms with Crippen LogP contribution in [-0.4, -0.2) is 36.7 Å². The Hall–Kier alpha value is -3.91. The van der Waals surface area contributed by atoms with Crippen LogP contribution in [0, 0.1) is 18.3 Å². The summed E-state index contributed by atoms with van der Waals surface area (Å²) in [5.41, 5.74) is 6.96. The minimum Gasteiger partial charge on any atom is -0.375 e. The zero-order valence-electron chi connectivity index (χ0n) is 22.0. The molecule has 1 aliphatic heterocycles. The number of rotatable bonds is 9. The molecule has 0 aromatic heterocycles. The first-order valence-corrected chi connectivity index (χ1v) is 13.4. The molecule has 192 valence electrons. The number of hydrogen-bond acceptors (Lipinski definition) is 4. The Morgan fingerprint density at radius 2 is 1.37 bits per heavy atom. The van der Waals surface area contributed by atoms with Crippen LogP contribution in [0.25, 0.3) is 0 Å². The van der Waals surface area contributed by atoms with E-state index in [1.807, 2.05) is 18.2 Å². The Labute approximate surface area is 226 Å². The van der Waals surface area contributed by atoms with Gasteiger partial charge in [0.2, 0.25) is 0 Å². The topological polar surface area (TPSA) is 39.5 Å². The lowest BCUT2D eigenvalue weighted by Gasteiger charge is -2.48. The van der Waals surface area contributed by atoms with Crippen LogP contribution >= 0.6 is 0 Å². The third kappa shape index (κ3) is 6.69. The third-order valence-electron chi connectivity index (χ3n) is 7.28. The summed E-state index contributed by atoms with van der Waals surface area (Å²) < 4.78 is 6.35. The van der Waals surface area contributed by atoms with E-state index in [0.717, 1.165) is 31.7 Å². The fourth-order valence-corrected chi connectivity index (χ4v) is 5.42. The number of aryl methyl sites for hydroxylation is 1. The quantitative estimate of drug-likeness (QED) is 0.267. The summed E-state index contributed by atoms with van der Waals surface area (Å²) in [5, 5.41) is 9.37. The van der Waals surface area contributed by atoms with Gasteiger partial charge in [-0.3, -0.25) is 4.90 Å². The molecule has 0 saturated carbocycles. The van der Waals surface area contributed by atoms with E-state index in [0.29, 0.717) is 18.8 Å². The third-order valence-corrected chi connectivity index (χ3v) is 7.28. The van der Waals surface area contributed by atoms with Crippen LogP contribution in [0.2, 0.25) is 0 Å². The molecule has 1 heterocycles. The number of nitrogens with zero attached hydrogens (tertiary/aromatic N) is 3. The molecular weight excluding hydrogens is 466 g/mol. The second-order valence-corrected chi connectivity index (χ2v) is 10.2. The highest BCUT2D eigenvalue weighted by Crippen LogP contribution is 2.29. The number of anilines is 1. The van der Waals surface area contributed by atoms with Gasteiger partial charge in [-0.05, 0) is 54.3 Å². The molecule has 0 unspecified atom stereocenters. The lowest BCUT2D eigenvalue weighted by molar-refractivity contribution is 0.0725. The van der Waals surface area contributed by atoms with Crippen LogP contribution in [0.5, 0.6) is 0 Å². The molecular formula is C34H35N3O. The fraction of sp³-hybridized carbons (Fsp3) is 0.265. The van der Waals surface area contributed by atoms with Crippen molar-refractivity contribution in [2.75, 3.05) is 24.6 Å². The Kier molecular flexibility index (Phi) is 8.50. The minimum absolute atomic E-state index is 0.180. The molecule has 1 saturated heterocycles. The molecule has 1 aliphatic rings. The number of piperazine rings is 1. The number of benzene rings is 4. The van der Waals surface area contributed by atoms with E-state index in [-0.39, 0.29) is 12.1 Å². The van der Waals surface area contributed by atoms with Gasteiger partial charge in [-0.25, -0.2) is 0 Å². The van der Waals surface area contributed by atoms with Gasteiger partial charge in [-0.2, -0.15) is 5.26 Å². The molecule has 5 rings (SSSR count). The summed E-state index contributed by atoms with van der Waals surface area (Å²) >= 11 is 0. The molecule has 4 aromatic carbocycles.